The van der Waals surface area contributed by atoms with Crippen molar-refractivity contribution in [1.82, 2.24) is 14.8 Å². The number of rotatable bonds is 7. The molecule has 0 fully saturated rings. The average molecular weight is 385 g/mol. The molecule has 0 aliphatic carbocycles. The summed E-state index contributed by atoms with van der Waals surface area (Å²) in [7, 11) is 0. The molecule has 0 N–H and O–H groups in total. The smallest absolute Gasteiger partial charge is 0.338 e. The Morgan fingerprint density at radius 1 is 0.862 bits per heavy atom. The van der Waals surface area contributed by atoms with Crippen molar-refractivity contribution >= 4 is 5.97 Å². The maximum Gasteiger partial charge on any atom is 0.338 e. The Morgan fingerprint density at radius 2 is 1.69 bits per heavy atom. The van der Waals surface area contributed by atoms with E-state index in [9.17, 15) is 4.79 Å². The Hall–Kier alpha value is -3.93. The number of carbonyl (C=O) groups is 1. The highest BCUT2D eigenvalue weighted by molar-refractivity contribution is 5.89. The minimum atomic E-state index is -0.368. The molecule has 0 spiro atoms. The van der Waals surface area contributed by atoms with Crippen LogP contribution in [0.4, 0.5) is 0 Å². The highest BCUT2D eigenvalue weighted by Crippen LogP contribution is 2.15. The van der Waals surface area contributed by atoms with Crippen LogP contribution < -0.4 is 4.74 Å². The molecule has 0 bridgehead atoms. The van der Waals surface area contributed by atoms with Gasteiger partial charge in [-0.3, -0.25) is 4.98 Å². The minimum absolute atomic E-state index is 0.195. The second-order valence-electron chi connectivity index (χ2n) is 6.33. The van der Waals surface area contributed by atoms with Gasteiger partial charge in [-0.05, 0) is 60.2 Å². The topological polar surface area (TPSA) is 66.2 Å². The van der Waals surface area contributed by atoms with E-state index in [-0.39, 0.29) is 12.6 Å². The molecular weight excluding hydrogens is 366 g/mol. The van der Waals surface area contributed by atoms with Gasteiger partial charge >= 0.3 is 5.97 Å². The molecular formula is C23H19N3O3. The highest BCUT2D eigenvalue weighted by atomic mass is 16.5. The normalized spacial score (nSPS) is 10.5. The summed E-state index contributed by atoms with van der Waals surface area (Å²) < 4.78 is 12.8. The lowest BCUT2D eigenvalue weighted by Gasteiger charge is -2.08. The summed E-state index contributed by atoms with van der Waals surface area (Å²) in [5.74, 6) is 0.368. The van der Waals surface area contributed by atoms with Gasteiger partial charge in [-0.25, -0.2) is 9.48 Å². The van der Waals surface area contributed by atoms with E-state index in [0.29, 0.717) is 12.2 Å². The van der Waals surface area contributed by atoms with Gasteiger partial charge in [0.15, 0.2) is 0 Å². The molecule has 4 rings (SSSR count). The van der Waals surface area contributed by atoms with Gasteiger partial charge in [-0.2, -0.15) is 5.10 Å². The van der Waals surface area contributed by atoms with Crippen molar-refractivity contribution in [2.75, 3.05) is 0 Å². The molecule has 6 heteroatoms. The molecule has 6 nitrogen and oxygen atoms in total. The van der Waals surface area contributed by atoms with Crippen LogP contribution in [-0.2, 0) is 18.0 Å². The quantitative estimate of drug-likeness (QED) is 0.446. The van der Waals surface area contributed by atoms with E-state index < -0.39 is 0 Å². The summed E-state index contributed by atoms with van der Waals surface area (Å²) in [5.41, 5.74) is 3.13. The Kier molecular flexibility index (Phi) is 5.62. The van der Waals surface area contributed by atoms with Crippen LogP contribution in [-0.4, -0.2) is 20.7 Å². The van der Waals surface area contributed by atoms with E-state index in [0.717, 1.165) is 22.7 Å². The predicted molar refractivity (Wildman–Crippen MR) is 108 cm³/mol. The van der Waals surface area contributed by atoms with E-state index in [1.807, 2.05) is 66.9 Å². The lowest BCUT2D eigenvalue weighted by Crippen LogP contribution is -2.06. The SMILES string of the molecule is O=C(OCc1ccc(OCc2ccccn2)cc1)c1ccc(-n2cccn2)cc1. The van der Waals surface area contributed by atoms with E-state index in [1.165, 1.54) is 0 Å². The van der Waals surface area contributed by atoms with Crippen molar-refractivity contribution in [1.29, 1.82) is 0 Å². The van der Waals surface area contributed by atoms with Crippen LogP contribution in [0.15, 0.2) is 91.4 Å². The van der Waals surface area contributed by atoms with Crippen LogP contribution in [0.5, 0.6) is 5.75 Å². The molecule has 0 unspecified atom stereocenters. The maximum absolute atomic E-state index is 12.3. The first-order valence-corrected chi connectivity index (χ1v) is 9.17. The van der Waals surface area contributed by atoms with Crippen LogP contribution in [0.3, 0.4) is 0 Å². The summed E-state index contributed by atoms with van der Waals surface area (Å²) in [5, 5.41) is 4.16. The lowest BCUT2D eigenvalue weighted by atomic mass is 10.2. The molecule has 29 heavy (non-hydrogen) atoms. The Morgan fingerprint density at radius 3 is 2.38 bits per heavy atom. The number of pyridine rings is 1. The summed E-state index contributed by atoms with van der Waals surface area (Å²) >= 11 is 0. The summed E-state index contributed by atoms with van der Waals surface area (Å²) in [4.78, 5) is 16.5. The van der Waals surface area contributed by atoms with E-state index in [1.54, 1.807) is 29.2 Å². The molecule has 0 amide bonds. The number of nitrogens with zero attached hydrogens (tertiary/aromatic N) is 3. The number of hydrogen-bond acceptors (Lipinski definition) is 5. The van der Waals surface area contributed by atoms with Gasteiger partial charge < -0.3 is 9.47 Å². The fourth-order valence-corrected chi connectivity index (χ4v) is 2.73. The molecule has 4 aromatic rings. The van der Waals surface area contributed by atoms with Gasteiger partial charge in [-0.1, -0.05) is 18.2 Å². The number of benzene rings is 2. The van der Waals surface area contributed by atoms with E-state index in [4.69, 9.17) is 9.47 Å². The van der Waals surface area contributed by atoms with Gasteiger partial charge in [0.2, 0.25) is 0 Å². The molecule has 0 radical (unpaired) electrons. The van der Waals surface area contributed by atoms with Crippen LogP contribution in [0.1, 0.15) is 21.6 Å². The largest absolute Gasteiger partial charge is 0.487 e. The molecule has 2 heterocycles. The zero-order valence-electron chi connectivity index (χ0n) is 15.6. The second kappa shape index (κ2) is 8.84. The molecule has 144 valence electrons. The van der Waals surface area contributed by atoms with Crippen molar-refractivity contribution in [3.63, 3.8) is 0 Å². The molecule has 2 aromatic heterocycles. The fourth-order valence-electron chi connectivity index (χ4n) is 2.73. The number of hydrogen-bond donors (Lipinski definition) is 0. The van der Waals surface area contributed by atoms with Gasteiger partial charge in [-0.15, -0.1) is 0 Å². The third-order valence-electron chi connectivity index (χ3n) is 4.28. The molecule has 0 aliphatic rings. The number of ether oxygens (including phenoxy) is 2. The Balaban J connectivity index is 1.29. The first-order valence-electron chi connectivity index (χ1n) is 9.17. The minimum Gasteiger partial charge on any atom is -0.487 e. The monoisotopic (exact) mass is 385 g/mol. The third-order valence-corrected chi connectivity index (χ3v) is 4.28. The molecule has 0 atom stereocenters. The van der Waals surface area contributed by atoms with Gasteiger partial charge in [0.05, 0.1) is 16.9 Å². The van der Waals surface area contributed by atoms with Crippen LogP contribution in [0.25, 0.3) is 5.69 Å². The first-order chi connectivity index (χ1) is 14.3. The molecule has 0 saturated heterocycles. The summed E-state index contributed by atoms with van der Waals surface area (Å²) in [6, 6.07) is 22.1. The van der Waals surface area contributed by atoms with E-state index >= 15 is 0 Å². The summed E-state index contributed by atoms with van der Waals surface area (Å²) in [6.45, 7) is 0.601. The van der Waals surface area contributed by atoms with Crippen LogP contribution >= 0.6 is 0 Å². The fraction of sp³-hybridized carbons (Fsp3) is 0.0870. The molecule has 0 saturated carbocycles. The zero-order valence-corrected chi connectivity index (χ0v) is 15.6. The Bertz CT molecular complexity index is 1050. The van der Waals surface area contributed by atoms with Crippen molar-refractivity contribution < 1.29 is 14.3 Å². The zero-order chi connectivity index (χ0) is 19.9. The number of carbonyl (C=O) groups excluding carboxylic acids is 1. The maximum atomic E-state index is 12.3. The van der Waals surface area contributed by atoms with Crippen LogP contribution in [0, 0.1) is 0 Å². The number of aromatic nitrogens is 3. The van der Waals surface area contributed by atoms with Crippen molar-refractivity contribution in [3.05, 3.63) is 108 Å². The van der Waals surface area contributed by atoms with Crippen LogP contribution in [0.2, 0.25) is 0 Å². The number of esters is 1. The first kappa shape index (κ1) is 18.4. The van der Waals surface area contributed by atoms with Gasteiger partial charge in [0.25, 0.3) is 0 Å². The molecule has 0 aliphatic heterocycles. The van der Waals surface area contributed by atoms with Crippen molar-refractivity contribution in [3.8, 4) is 11.4 Å². The van der Waals surface area contributed by atoms with Crippen molar-refractivity contribution in [2.45, 2.75) is 13.2 Å². The van der Waals surface area contributed by atoms with Gasteiger partial charge in [0.1, 0.15) is 19.0 Å². The van der Waals surface area contributed by atoms with Gasteiger partial charge in [0, 0.05) is 18.6 Å². The third kappa shape index (κ3) is 4.87. The van der Waals surface area contributed by atoms with Crippen molar-refractivity contribution in [2.24, 2.45) is 0 Å². The average Bonchev–Trinajstić information content (AvgIpc) is 3.33. The van der Waals surface area contributed by atoms with E-state index in [2.05, 4.69) is 10.1 Å². The lowest BCUT2D eigenvalue weighted by molar-refractivity contribution is 0.0472. The standard InChI is InChI=1S/C23H19N3O3/c27-23(19-7-9-21(10-8-19)26-15-3-14-25-26)29-16-18-5-11-22(12-6-18)28-17-20-4-1-2-13-24-20/h1-15H,16-17H2. The second-order valence-corrected chi connectivity index (χ2v) is 6.33. The molecule has 2 aromatic carbocycles. The highest BCUT2D eigenvalue weighted by Gasteiger charge is 2.08. The summed E-state index contributed by atoms with van der Waals surface area (Å²) in [6.07, 6.45) is 5.29. The predicted octanol–water partition coefficient (Wildman–Crippen LogP) is 4.20. The Labute approximate surface area is 168 Å².